The van der Waals surface area contributed by atoms with Crippen LogP contribution in [-0.4, -0.2) is 49.4 Å². The molecular weight excluding hydrogens is 458 g/mol. The van der Waals surface area contributed by atoms with E-state index in [1.54, 1.807) is 0 Å². The molecule has 0 spiro atoms. The molecule has 2 atom stereocenters. The molecule has 0 bridgehead atoms. The maximum atomic E-state index is 9.34. The van der Waals surface area contributed by atoms with Crippen LogP contribution in [0, 0.1) is 0 Å². The molecule has 0 aliphatic carbocycles. The average molecular weight is 478 g/mol. The Morgan fingerprint density at radius 1 is 1.10 bits per heavy atom. The summed E-state index contributed by atoms with van der Waals surface area (Å²) in [5, 5.41) is 22.2. The van der Waals surface area contributed by atoms with Crippen LogP contribution in [0.5, 0.6) is 0 Å². The van der Waals surface area contributed by atoms with Crippen LogP contribution in [-0.2, 0) is 0 Å². The molecule has 1 fully saturated rings. The van der Waals surface area contributed by atoms with Crippen molar-refractivity contribution < 1.29 is 5.11 Å². The van der Waals surface area contributed by atoms with Gasteiger partial charge in [-0.3, -0.25) is 0 Å². The summed E-state index contributed by atoms with van der Waals surface area (Å²) in [5.74, 6) is 0.626. The maximum Gasteiger partial charge on any atom is 0.165 e. The van der Waals surface area contributed by atoms with Crippen molar-refractivity contribution in [3.8, 4) is 22.5 Å². The van der Waals surface area contributed by atoms with Gasteiger partial charge in [-0.05, 0) is 47.9 Å². The van der Waals surface area contributed by atoms with Crippen molar-refractivity contribution in [3.63, 3.8) is 0 Å². The molecule has 4 N–H and O–H groups in total. The van der Waals surface area contributed by atoms with Crippen LogP contribution in [0.1, 0.15) is 18.0 Å². The van der Waals surface area contributed by atoms with Crippen molar-refractivity contribution in [2.45, 2.75) is 18.4 Å². The number of hydrogen-bond acceptors (Lipinski definition) is 8. The molecule has 0 amide bonds. The molecule has 1 saturated heterocycles. The molecule has 1 aromatic carbocycles. The highest BCUT2D eigenvalue weighted by Crippen LogP contribution is 2.34. The van der Waals surface area contributed by atoms with Crippen LogP contribution in [0.3, 0.4) is 0 Å². The van der Waals surface area contributed by atoms with Gasteiger partial charge in [-0.2, -0.15) is 5.10 Å². The number of fused-ring (bicyclic) bond motifs is 1. The number of nitrogens with two attached hydrogens (primary N) is 1. The quantitative estimate of drug-likeness (QED) is 0.409. The number of aromatic nitrogens is 5. The zero-order valence-corrected chi connectivity index (χ0v) is 18.1. The van der Waals surface area contributed by atoms with E-state index in [1.165, 1.54) is 6.33 Å². The number of aliphatic hydroxyl groups excluding tert-OH is 1. The van der Waals surface area contributed by atoms with Crippen LogP contribution in [0.15, 0.2) is 53.3 Å². The Morgan fingerprint density at radius 2 is 2.00 bits per heavy atom. The summed E-state index contributed by atoms with van der Waals surface area (Å²) in [4.78, 5) is 13.2. The summed E-state index contributed by atoms with van der Waals surface area (Å²) in [6, 6.07) is 13.9. The number of hydrogen-bond donors (Lipinski definition) is 3. The van der Waals surface area contributed by atoms with E-state index in [4.69, 9.17) is 5.73 Å². The zero-order chi connectivity index (χ0) is 21.4. The number of pyridine rings is 1. The Kier molecular flexibility index (Phi) is 5.31. The number of anilines is 1. The molecule has 1 unspecified atom stereocenters. The Morgan fingerprint density at radius 3 is 2.74 bits per heavy atom. The minimum absolute atomic E-state index is 0.117. The van der Waals surface area contributed by atoms with E-state index < -0.39 is 0 Å². The van der Waals surface area contributed by atoms with E-state index in [0.717, 1.165) is 34.3 Å². The van der Waals surface area contributed by atoms with Crippen LogP contribution in [0.4, 0.5) is 5.82 Å². The van der Waals surface area contributed by atoms with Gasteiger partial charge in [0.05, 0.1) is 23.4 Å². The summed E-state index contributed by atoms with van der Waals surface area (Å²) in [5.41, 5.74) is 10.8. The summed E-state index contributed by atoms with van der Waals surface area (Å²) >= 11 is 3.53. The van der Waals surface area contributed by atoms with Gasteiger partial charge in [-0.15, -0.1) is 5.10 Å². The van der Waals surface area contributed by atoms with Gasteiger partial charge in [-0.1, -0.05) is 28.1 Å². The lowest BCUT2D eigenvalue weighted by atomic mass is 10.00. The van der Waals surface area contributed by atoms with E-state index in [0.29, 0.717) is 28.2 Å². The summed E-state index contributed by atoms with van der Waals surface area (Å²) in [7, 11) is 0. The average Bonchev–Trinajstić information content (AvgIpc) is 3.28. The molecule has 156 valence electrons. The smallest absolute Gasteiger partial charge is 0.165 e. The lowest BCUT2D eigenvalue weighted by molar-refractivity contribution is 0.254. The lowest BCUT2D eigenvalue weighted by Crippen LogP contribution is -2.24. The molecule has 9 heteroatoms. The van der Waals surface area contributed by atoms with Gasteiger partial charge in [0.1, 0.15) is 17.8 Å². The highest BCUT2D eigenvalue weighted by atomic mass is 79.9. The Hall–Kier alpha value is -3.01. The third-order valence-corrected chi connectivity index (χ3v) is 6.07. The molecule has 0 saturated carbocycles. The van der Waals surface area contributed by atoms with E-state index in [-0.39, 0.29) is 18.6 Å². The zero-order valence-electron chi connectivity index (χ0n) is 16.5. The first kappa shape index (κ1) is 19.9. The molecular formula is C22H20BrN7O. The van der Waals surface area contributed by atoms with Gasteiger partial charge in [0.25, 0.3) is 0 Å². The molecule has 3 aromatic heterocycles. The van der Waals surface area contributed by atoms with Gasteiger partial charge >= 0.3 is 0 Å². The largest absolute Gasteiger partial charge is 0.395 e. The van der Waals surface area contributed by atoms with E-state index >= 15 is 0 Å². The highest BCUT2D eigenvalue weighted by molar-refractivity contribution is 9.10. The number of halogens is 1. The monoisotopic (exact) mass is 477 g/mol. The first-order valence-electron chi connectivity index (χ1n) is 9.98. The molecule has 1 aliphatic rings. The Labute approximate surface area is 187 Å². The third kappa shape index (κ3) is 3.87. The van der Waals surface area contributed by atoms with Crippen LogP contribution >= 0.6 is 15.9 Å². The van der Waals surface area contributed by atoms with Crippen molar-refractivity contribution in [1.82, 2.24) is 30.5 Å². The number of nitrogens with one attached hydrogen (secondary N) is 1. The molecule has 4 aromatic rings. The standard InChI is InChI=1S/C22H20BrN7O/c23-14-3-1-2-12(6-14)16-8-19(28-22-20(16)21(24)26-11-27-22)18-5-4-17(29-30-18)13-7-15(10-31)25-9-13/h1-6,8,11,13,15,25,31H,7,9-10H2,(H2,24,26,27,28)/t13?,15-/m1/s1. The third-order valence-electron chi connectivity index (χ3n) is 5.58. The van der Waals surface area contributed by atoms with Gasteiger partial charge in [0.15, 0.2) is 5.65 Å². The fourth-order valence-electron chi connectivity index (χ4n) is 3.98. The van der Waals surface area contributed by atoms with Crippen molar-refractivity contribution >= 4 is 32.8 Å². The first-order chi connectivity index (χ1) is 15.1. The van der Waals surface area contributed by atoms with Crippen LogP contribution in [0.25, 0.3) is 33.5 Å². The number of rotatable bonds is 4. The molecule has 1 aliphatic heterocycles. The highest BCUT2D eigenvalue weighted by Gasteiger charge is 2.26. The minimum Gasteiger partial charge on any atom is -0.395 e. The van der Waals surface area contributed by atoms with E-state index in [9.17, 15) is 5.11 Å². The van der Waals surface area contributed by atoms with Crippen LogP contribution < -0.4 is 11.1 Å². The lowest BCUT2D eigenvalue weighted by Gasteiger charge is -2.12. The maximum absolute atomic E-state index is 9.34. The van der Waals surface area contributed by atoms with Crippen molar-refractivity contribution in [2.75, 3.05) is 18.9 Å². The fraction of sp³-hybridized carbons (Fsp3) is 0.227. The van der Waals surface area contributed by atoms with Crippen molar-refractivity contribution in [1.29, 1.82) is 0 Å². The predicted molar refractivity (Wildman–Crippen MR) is 122 cm³/mol. The SMILES string of the molecule is Nc1ncnc2nc(-c3ccc(C4CN[C@@H](CO)C4)nn3)cc(-c3cccc(Br)c3)c12. The second-order valence-corrected chi connectivity index (χ2v) is 8.50. The second-order valence-electron chi connectivity index (χ2n) is 7.59. The first-order valence-corrected chi connectivity index (χ1v) is 10.8. The fourth-order valence-corrected chi connectivity index (χ4v) is 4.38. The van der Waals surface area contributed by atoms with E-state index in [2.05, 4.69) is 46.4 Å². The molecule has 4 heterocycles. The molecule has 31 heavy (non-hydrogen) atoms. The number of aliphatic hydroxyl groups is 1. The van der Waals surface area contributed by atoms with Crippen molar-refractivity contribution in [2.24, 2.45) is 0 Å². The number of benzene rings is 1. The summed E-state index contributed by atoms with van der Waals surface area (Å²) < 4.78 is 0.961. The normalized spacial score (nSPS) is 18.5. The second kappa shape index (κ2) is 8.26. The van der Waals surface area contributed by atoms with Crippen LogP contribution in [0.2, 0.25) is 0 Å². The van der Waals surface area contributed by atoms with Gasteiger partial charge in [0, 0.05) is 23.0 Å². The van der Waals surface area contributed by atoms with Crippen molar-refractivity contribution in [3.05, 3.63) is 59.0 Å². The summed E-state index contributed by atoms with van der Waals surface area (Å²) in [6.07, 6.45) is 2.26. The van der Waals surface area contributed by atoms with Gasteiger partial charge < -0.3 is 16.2 Å². The number of nitrogen functional groups attached to an aromatic ring is 1. The Bertz CT molecular complexity index is 1250. The molecule has 5 rings (SSSR count). The minimum atomic E-state index is 0.117. The molecule has 0 radical (unpaired) electrons. The van der Waals surface area contributed by atoms with Gasteiger partial charge in [0.2, 0.25) is 0 Å². The van der Waals surface area contributed by atoms with Gasteiger partial charge in [-0.25, -0.2) is 15.0 Å². The topological polar surface area (TPSA) is 123 Å². The Balaban J connectivity index is 1.58. The number of nitrogens with zero attached hydrogens (tertiary/aromatic N) is 5. The molecule has 8 nitrogen and oxygen atoms in total. The predicted octanol–water partition coefficient (Wildman–Crippen LogP) is 2.93. The van der Waals surface area contributed by atoms with E-state index in [1.807, 2.05) is 42.5 Å². The summed E-state index contributed by atoms with van der Waals surface area (Å²) in [6.45, 7) is 0.920.